The maximum Gasteiger partial charge on any atom is 0.307 e. The van der Waals surface area contributed by atoms with E-state index in [1.165, 1.54) is 0 Å². The average molecular weight is 689 g/mol. The number of hydrogen-bond acceptors (Lipinski definition) is 7. The monoisotopic (exact) mass is 688 g/mol. The number of pyridine rings is 1. The molecule has 9 nitrogen and oxygen atoms in total. The summed E-state index contributed by atoms with van der Waals surface area (Å²) < 4.78 is 5.80. The van der Waals surface area contributed by atoms with Crippen LogP contribution >= 0.6 is 0 Å². The summed E-state index contributed by atoms with van der Waals surface area (Å²) in [5.74, 6) is -0.501. The zero-order valence-electron chi connectivity index (χ0n) is 30.0. The summed E-state index contributed by atoms with van der Waals surface area (Å²) in [5.41, 5.74) is 10.7. The van der Waals surface area contributed by atoms with Gasteiger partial charge >= 0.3 is 5.97 Å². The first-order valence-corrected chi connectivity index (χ1v) is 17.8. The minimum absolute atomic E-state index is 0.260. The van der Waals surface area contributed by atoms with Gasteiger partial charge in [0.2, 0.25) is 0 Å². The average Bonchev–Trinajstić information content (AvgIpc) is 3.53. The summed E-state index contributed by atoms with van der Waals surface area (Å²) in [5, 5.41) is 22.4. The molecule has 0 saturated carbocycles. The van der Waals surface area contributed by atoms with Gasteiger partial charge in [-0.15, -0.1) is 0 Å². The number of aromatic nitrogens is 1. The standard InChI is InChI=1S/C42H48N4O5/c1-27-20-34(25-45-18-7-9-33(24-45)42(49)50)40(51-4)21-32(27)15-14-31-8-5-10-36(28(31)2)37-11-6-12-38(29(37)3)44-41(48)39-16-13-30(22-43-39)23-46-19-17-35(47)26-46/h5-6,8,10-16,20-22,33,35,47H,7,9,17-19,23-26H2,1-4H3,(H,44,48)(H,49,50)/b15-14+/t33?,35-/m1/s1. The number of carbonyl (C=O) groups is 2. The predicted molar refractivity (Wildman–Crippen MR) is 202 cm³/mol. The Morgan fingerprint density at radius 3 is 2.35 bits per heavy atom. The first kappa shape index (κ1) is 36.0. The van der Waals surface area contributed by atoms with Crippen LogP contribution in [-0.2, 0) is 17.9 Å². The molecule has 0 radical (unpaired) electrons. The zero-order valence-corrected chi connectivity index (χ0v) is 30.0. The van der Waals surface area contributed by atoms with Crippen LogP contribution < -0.4 is 10.1 Å². The highest BCUT2D eigenvalue weighted by atomic mass is 16.5. The van der Waals surface area contributed by atoms with Gasteiger partial charge in [0.25, 0.3) is 5.91 Å². The molecule has 1 amide bonds. The molecule has 0 bridgehead atoms. The zero-order chi connectivity index (χ0) is 36.1. The molecule has 2 saturated heterocycles. The molecule has 2 atom stereocenters. The van der Waals surface area contributed by atoms with E-state index in [9.17, 15) is 19.8 Å². The van der Waals surface area contributed by atoms with E-state index in [1.807, 2.05) is 25.1 Å². The van der Waals surface area contributed by atoms with Crippen molar-refractivity contribution >= 4 is 29.7 Å². The summed E-state index contributed by atoms with van der Waals surface area (Å²) in [7, 11) is 1.68. The molecule has 1 aromatic heterocycles. The molecule has 3 N–H and O–H groups in total. The first-order valence-electron chi connectivity index (χ1n) is 17.8. The Balaban J connectivity index is 1.16. The molecule has 2 fully saturated rings. The second-order valence-electron chi connectivity index (χ2n) is 13.9. The van der Waals surface area contributed by atoms with Crippen LogP contribution in [0.1, 0.15) is 68.7 Å². The molecule has 1 unspecified atom stereocenters. The summed E-state index contributed by atoms with van der Waals surface area (Å²) in [4.78, 5) is 33.6. The largest absolute Gasteiger partial charge is 0.496 e. The van der Waals surface area contributed by atoms with Crippen LogP contribution in [0.3, 0.4) is 0 Å². The van der Waals surface area contributed by atoms with Crippen LogP contribution in [0, 0.1) is 26.7 Å². The van der Waals surface area contributed by atoms with Crippen molar-refractivity contribution in [3.8, 4) is 16.9 Å². The van der Waals surface area contributed by atoms with Crippen molar-refractivity contribution in [1.82, 2.24) is 14.8 Å². The number of rotatable bonds is 11. The number of carboxylic acids is 1. The van der Waals surface area contributed by atoms with Gasteiger partial charge in [0.15, 0.2) is 0 Å². The van der Waals surface area contributed by atoms with Crippen molar-refractivity contribution in [2.45, 2.75) is 59.2 Å². The van der Waals surface area contributed by atoms with E-state index in [-0.39, 0.29) is 17.9 Å². The van der Waals surface area contributed by atoms with Crippen LogP contribution in [0.25, 0.3) is 23.3 Å². The second kappa shape index (κ2) is 16.0. The number of aliphatic hydroxyl groups is 1. The number of β-amino-alcohol motifs (C(OH)–C–C–N with tert-alkyl or cyclic N) is 1. The number of aryl methyl sites for hydroxylation is 1. The lowest BCUT2D eigenvalue weighted by atomic mass is 9.92. The second-order valence-corrected chi connectivity index (χ2v) is 13.9. The number of benzene rings is 3. The number of likely N-dealkylation sites (tertiary alicyclic amines) is 2. The molecule has 266 valence electrons. The fourth-order valence-electron chi connectivity index (χ4n) is 7.32. The topological polar surface area (TPSA) is 115 Å². The van der Waals surface area contributed by atoms with Gasteiger partial charge in [-0.05, 0) is 109 Å². The Bertz CT molecular complexity index is 1920. The van der Waals surface area contributed by atoms with E-state index in [4.69, 9.17) is 4.74 Å². The minimum Gasteiger partial charge on any atom is -0.496 e. The molecule has 3 heterocycles. The Morgan fingerprint density at radius 2 is 1.65 bits per heavy atom. The van der Waals surface area contributed by atoms with Gasteiger partial charge in [0.1, 0.15) is 11.4 Å². The van der Waals surface area contributed by atoms with Crippen molar-refractivity contribution in [3.63, 3.8) is 0 Å². The summed E-state index contributed by atoms with van der Waals surface area (Å²) in [6.45, 7) is 10.6. The van der Waals surface area contributed by atoms with Crippen LogP contribution in [-0.4, -0.2) is 76.3 Å². The van der Waals surface area contributed by atoms with E-state index in [0.29, 0.717) is 31.9 Å². The number of nitrogens with one attached hydrogen (secondary N) is 1. The van der Waals surface area contributed by atoms with Gasteiger partial charge in [-0.25, -0.2) is 0 Å². The van der Waals surface area contributed by atoms with Crippen molar-refractivity contribution < 1.29 is 24.5 Å². The highest BCUT2D eigenvalue weighted by Crippen LogP contribution is 2.34. The van der Waals surface area contributed by atoms with Gasteiger partial charge < -0.3 is 20.3 Å². The number of amides is 1. The van der Waals surface area contributed by atoms with Crippen LogP contribution in [0.2, 0.25) is 0 Å². The van der Waals surface area contributed by atoms with E-state index < -0.39 is 5.97 Å². The molecule has 0 spiro atoms. The maximum absolute atomic E-state index is 13.2. The fourth-order valence-corrected chi connectivity index (χ4v) is 7.32. The van der Waals surface area contributed by atoms with Gasteiger partial charge in [0, 0.05) is 50.2 Å². The predicted octanol–water partition coefficient (Wildman–Crippen LogP) is 6.97. The van der Waals surface area contributed by atoms with Gasteiger partial charge in [-0.1, -0.05) is 54.6 Å². The van der Waals surface area contributed by atoms with Crippen LogP contribution in [0.15, 0.2) is 66.9 Å². The molecule has 2 aliphatic heterocycles. The molecular formula is C42H48N4O5. The van der Waals surface area contributed by atoms with Gasteiger partial charge in [-0.2, -0.15) is 0 Å². The third-order valence-electron chi connectivity index (χ3n) is 10.3. The molecular weight excluding hydrogens is 640 g/mol. The number of aliphatic carboxylic acids is 1. The SMILES string of the molecule is COc1cc(/C=C/c2cccc(-c3cccc(NC(=O)c4ccc(CN5CC[C@@H](O)C5)cn4)c3C)c2C)c(C)cc1CN1CCCC(C(=O)O)C1. The lowest BCUT2D eigenvalue weighted by molar-refractivity contribution is -0.143. The lowest BCUT2D eigenvalue weighted by Gasteiger charge is -2.31. The number of carboxylic acid groups (broad SMARTS) is 1. The van der Waals surface area contributed by atoms with Crippen LogP contribution in [0.4, 0.5) is 5.69 Å². The Kier molecular flexibility index (Phi) is 11.3. The highest BCUT2D eigenvalue weighted by Gasteiger charge is 2.26. The van der Waals surface area contributed by atoms with Gasteiger partial charge in [-0.3, -0.25) is 24.4 Å². The lowest BCUT2D eigenvalue weighted by Crippen LogP contribution is -2.38. The van der Waals surface area contributed by atoms with E-state index in [1.54, 1.807) is 19.4 Å². The van der Waals surface area contributed by atoms with Crippen molar-refractivity contribution in [1.29, 1.82) is 0 Å². The number of nitrogens with zero attached hydrogens (tertiary/aromatic N) is 3. The fraction of sp³-hybridized carbons (Fsp3) is 0.357. The number of anilines is 1. The van der Waals surface area contributed by atoms with Gasteiger partial charge in [0.05, 0.1) is 19.1 Å². The molecule has 6 rings (SSSR count). The number of hydrogen-bond donors (Lipinski definition) is 3. The van der Waals surface area contributed by atoms with Crippen molar-refractivity contribution in [2.24, 2.45) is 5.92 Å². The molecule has 51 heavy (non-hydrogen) atoms. The first-order chi connectivity index (χ1) is 24.6. The van der Waals surface area contributed by atoms with Crippen LogP contribution in [0.5, 0.6) is 5.75 Å². The summed E-state index contributed by atoms with van der Waals surface area (Å²) in [6.07, 6.45) is 8.12. The highest BCUT2D eigenvalue weighted by molar-refractivity contribution is 6.03. The summed E-state index contributed by atoms with van der Waals surface area (Å²) >= 11 is 0. The Hall–Kier alpha value is -4.83. The van der Waals surface area contributed by atoms with E-state index in [2.05, 4.69) is 82.5 Å². The third-order valence-corrected chi connectivity index (χ3v) is 10.3. The van der Waals surface area contributed by atoms with E-state index >= 15 is 0 Å². The van der Waals surface area contributed by atoms with Crippen molar-refractivity contribution in [2.75, 3.05) is 38.6 Å². The maximum atomic E-state index is 13.2. The summed E-state index contributed by atoms with van der Waals surface area (Å²) in [6, 6.07) is 20.1. The number of piperidine rings is 1. The molecule has 9 heteroatoms. The number of carbonyl (C=O) groups excluding carboxylic acids is 1. The minimum atomic E-state index is -0.719. The molecule has 0 aliphatic carbocycles. The Morgan fingerprint density at radius 1 is 0.902 bits per heavy atom. The third kappa shape index (κ3) is 8.56. The van der Waals surface area contributed by atoms with Crippen molar-refractivity contribution in [3.05, 3.63) is 111 Å². The molecule has 3 aromatic carbocycles. The number of aliphatic hydroxyl groups excluding tert-OH is 1. The smallest absolute Gasteiger partial charge is 0.307 e. The Labute approximate surface area is 300 Å². The molecule has 4 aromatic rings. The normalized spacial score (nSPS) is 18.3. The number of ether oxygens (including phenoxy) is 1. The van der Waals surface area contributed by atoms with E-state index in [0.717, 1.165) is 93.9 Å². The number of methoxy groups -OCH3 is 1. The quantitative estimate of drug-likeness (QED) is 0.145. The molecule has 2 aliphatic rings.